The van der Waals surface area contributed by atoms with Crippen LogP contribution in [0.25, 0.3) is 0 Å². The number of hydrogen-bond donors (Lipinski definition) is 0. The lowest BCUT2D eigenvalue weighted by Gasteiger charge is -2.25. The molecule has 0 bridgehead atoms. The van der Waals surface area contributed by atoms with Gasteiger partial charge in [0.25, 0.3) is 0 Å². The highest BCUT2D eigenvalue weighted by Crippen LogP contribution is 2.41. The lowest BCUT2D eigenvalue weighted by molar-refractivity contribution is -0.157. The Bertz CT molecular complexity index is 913. The first-order valence-electron chi connectivity index (χ1n) is 13.6. The van der Waals surface area contributed by atoms with Crippen molar-refractivity contribution < 1.29 is 28.4 Å². The molecule has 1 fully saturated rings. The summed E-state index contributed by atoms with van der Waals surface area (Å²) in [5.41, 5.74) is 5.45. The van der Waals surface area contributed by atoms with E-state index in [0.29, 0.717) is 13.0 Å². The van der Waals surface area contributed by atoms with Crippen LogP contribution in [0.3, 0.4) is 0 Å². The van der Waals surface area contributed by atoms with Crippen molar-refractivity contribution in [2.24, 2.45) is 0 Å². The van der Waals surface area contributed by atoms with Crippen LogP contribution < -0.4 is 9.47 Å². The second kappa shape index (κ2) is 18.0. The van der Waals surface area contributed by atoms with Gasteiger partial charge in [-0.25, -0.2) is 0 Å². The van der Waals surface area contributed by atoms with Crippen LogP contribution in [0.2, 0.25) is 0 Å². The van der Waals surface area contributed by atoms with Crippen molar-refractivity contribution in [3.05, 3.63) is 71.9 Å². The fraction of sp³-hybridized carbons (Fsp3) is 0.562. The van der Waals surface area contributed by atoms with E-state index in [4.69, 9.17) is 28.4 Å². The quantitative estimate of drug-likeness (QED) is 0.136. The lowest BCUT2D eigenvalue weighted by atomic mass is 9.85. The molecule has 212 valence electrons. The van der Waals surface area contributed by atoms with E-state index in [0.717, 1.165) is 85.3 Å². The molecule has 38 heavy (non-hydrogen) atoms. The van der Waals surface area contributed by atoms with Crippen LogP contribution in [0.4, 0.5) is 0 Å². The van der Waals surface area contributed by atoms with Crippen molar-refractivity contribution in [1.82, 2.24) is 0 Å². The number of ether oxygens (including phenoxy) is 6. The monoisotopic (exact) mass is 528 g/mol. The van der Waals surface area contributed by atoms with Gasteiger partial charge in [0, 0.05) is 37.9 Å². The summed E-state index contributed by atoms with van der Waals surface area (Å²) in [5, 5.41) is 0. The second-order valence-corrected chi connectivity index (χ2v) is 10.00. The normalized spacial score (nSPS) is 16.6. The van der Waals surface area contributed by atoms with Gasteiger partial charge >= 0.3 is 0 Å². The maximum absolute atomic E-state index is 6.21. The maximum Gasteiger partial charge on any atom is 0.188 e. The molecule has 2 rings (SSSR count). The van der Waals surface area contributed by atoms with Crippen molar-refractivity contribution in [1.29, 1.82) is 0 Å². The van der Waals surface area contributed by atoms with Gasteiger partial charge in [0.05, 0.1) is 6.61 Å². The third kappa shape index (κ3) is 11.2. The van der Waals surface area contributed by atoms with E-state index >= 15 is 0 Å². The third-order valence-corrected chi connectivity index (χ3v) is 6.54. The molecule has 6 nitrogen and oxygen atoms in total. The third-order valence-electron chi connectivity index (χ3n) is 6.54. The van der Waals surface area contributed by atoms with E-state index in [2.05, 4.69) is 39.7 Å². The number of hydrogen-bond acceptors (Lipinski definition) is 6. The zero-order chi connectivity index (χ0) is 27.8. The average molecular weight is 529 g/mol. The van der Waals surface area contributed by atoms with Gasteiger partial charge in [-0.1, -0.05) is 29.9 Å². The smallest absolute Gasteiger partial charge is 0.188 e. The largest absolute Gasteiger partial charge is 0.468 e. The predicted molar refractivity (Wildman–Crippen MR) is 154 cm³/mol. The highest BCUT2D eigenvalue weighted by molar-refractivity contribution is 5.52. The van der Waals surface area contributed by atoms with E-state index in [9.17, 15) is 0 Å². The second-order valence-electron chi connectivity index (χ2n) is 10.00. The Morgan fingerprint density at radius 3 is 2.47 bits per heavy atom. The highest BCUT2D eigenvalue weighted by atomic mass is 16.7. The topological polar surface area (TPSA) is 55.4 Å². The maximum atomic E-state index is 6.21. The van der Waals surface area contributed by atoms with Crippen molar-refractivity contribution in [3.8, 4) is 11.5 Å². The summed E-state index contributed by atoms with van der Waals surface area (Å²) >= 11 is 0. The van der Waals surface area contributed by atoms with Gasteiger partial charge in [0.1, 0.15) is 11.5 Å². The molecule has 0 radical (unpaired) electrons. The van der Waals surface area contributed by atoms with Gasteiger partial charge in [-0.15, -0.1) is 13.2 Å². The first-order chi connectivity index (χ1) is 18.4. The Morgan fingerprint density at radius 1 is 1.08 bits per heavy atom. The van der Waals surface area contributed by atoms with Crippen molar-refractivity contribution in [3.63, 3.8) is 0 Å². The van der Waals surface area contributed by atoms with Crippen molar-refractivity contribution >= 4 is 0 Å². The molecule has 0 N–H and O–H groups in total. The lowest BCUT2D eigenvalue weighted by Crippen LogP contribution is -2.23. The molecule has 6 heteroatoms. The van der Waals surface area contributed by atoms with Gasteiger partial charge in [-0.05, 0) is 82.9 Å². The molecule has 1 aromatic rings. The van der Waals surface area contributed by atoms with E-state index in [1.165, 1.54) is 5.57 Å². The van der Waals surface area contributed by atoms with E-state index in [1.54, 1.807) is 14.2 Å². The first kappa shape index (κ1) is 31.8. The molecule has 1 heterocycles. The summed E-state index contributed by atoms with van der Waals surface area (Å²) in [6, 6.07) is 4.06. The number of methoxy groups -OCH3 is 2. The van der Waals surface area contributed by atoms with Gasteiger partial charge < -0.3 is 28.4 Å². The minimum Gasteiger partial charge on any atom is -0.468 e. The molecule has 0 aliphatic carbocycles. The Kier molecular flexibility index (Phi) is 15.1. The van der Waals surface area contributed by atoms with E-state index < -0.39 is 0 Å². The average Bonchev–Trinajstić information content (AvgIpc) is 2.91. The zero-order valence-corrected chi connectivity index (χ0v) is 24.0. The summed E-state index contributed by atoms with van der Waals surface area (Å²) < 4.78 is 34.5. The van der Waals surface area contributed by atoms with Crippen LogP contribution in [-0.4, -0.2) is 47.3 Å². The van der Waals surface area contributed by atoms with Crippen molar-refractivity contribution in [2.45, 2.75) is 77.4 Å². The molecule has 0 spiro atoms. The van der Waals surface area contributed by atoms with E-state index in [1.807, 2.05) is 18.2 Å². The van der Waals surface area contributed by atoms with Crippen LogP contribution in [0, 0.1) is 0 Å². The predicted octanol–water partition coefficient (Wildman–Crippen LogP) is 7.65. The van der Waals surface area contributed by atoms with E-state index in [-0.39, 0.29) is 25.8 Å². The SMILES string of the molecule is C=CCC/C(=C/Cc1cc(OCOC)cc(C(CCC(=C)C)C(=C)C)c1OCOC)COC1CCCCO1. The summed E-state index contributed by atoms with van der Waals surface area (Å²) in [6.07, 6.45) is 11.4. The molecule has 1 aliphatic heterocycles. The number of rotatable bonds is 19. The molecular formula is C32H48O6. The minimum atomic E-state index is -0.126. The van der Waals surface area contributed by atoms with Crippen LogP contribution in [0.15, 0.2) is 60.7 Å². The molecular weight excluding hydrogens is 480 g/mol. The van der Waals surface area contributed by atoms with Gasteiger partial charge in [-0.2, -0.15) is 0 Å². The molecule has 2 unspecified atom stereocenters. The number of allylic oxidation sites excluding steroid dienone is 4. The highest BCUT2D eigenvalue weighted by Gasteiger charge is 2.22. The Morgan fingerprint density at radius 2 is 1.84 bits per heavy atom. The summed E-state index contributed by atoms with van der Waals surface area (Å²) in [6.45, 7) is 18.0. The summed E-state index contributed by atoms with van der Waals surface area (Å²) in [7, 11) is 3.25. The summed E-state index contributed by atoms with van der Waals surface area (Å²) in [4.78, 5) is 0. The molecule has 2 atom stereocenters. The van der Waals surface area contributed by atoms with Crippen LogP contribution in [0.5, 0.6) is 11.5 Å². The Labute approximate surface area is 230 Å². The fourth-order valence-electron chi connectivity index (χ4n) is 4.47. The first-order valence-corrected chi connectivity index (χ1v) is 13.6. The van der Waals surface area contributed by atoms with Gasteiger partial charge in [0.15, 0.2) is 19.9 Å². The Hall–Kier alpha value is -2.38. The molecule has 1 saturated heterocycles. The molecule has 1 aromatic carbocycles. The molecule has 0 aromatic heterocycles. The van der Waals surface area contributed by atoms with Gasteiger partial charge in [-0.3, -0.25) is 0 Å². The van der Waals surface area contributed by atoms with Crippen LogP contribution >= 0.6 is 0 Å². The van der Waals surface area contributed by atoms with Crippen molar-refractivity contribution in [2.75, 3.05) is 41.0 Å². The van der Waals surface area contributed by atoms with Gasteiger partial charge in [0.2, 0.25) is 0 Å². The summed E-state index contributed by atoms with van der Waals surface area (Å²) in [5.74, 6) is 1.62. The zero-order valence-electron chi connectivity index (χ0n) is 24.0. The standard InChI is InChI=1S/C32H48O6/c1-8-9-12-26(21-36-31-13-10-11-18-35-31)15-16-27-19-28(37-22-33-6)20-30(32(27)38-23-34-7)29(25(4)5)17-14-24(2)3/h8,15,19-20,29,31H,1-2,4,9-14,16-18,21-23H2,3,5-7H3/b26-15-. The minimum absolute atomic E-state index is 0.0828. The fourth-order valence-corrected chi connectivity index (χ4v) is 4.47. The molecule has 0 saturated carbocycles. The Balaban J connectivity index is 2.44. The molecule has 1 aliphatic rings. The molecule has 0 amide bonds. The number of benzene rings is 1. The van der Waals surface area contributed by atoms with Crippen LogP contribution in [-0.2, 0) is 25.4 Å². The van der Waals surface area contributed by atoms with Crippen LogP contribution in [0.1, 0.15) is 75.8 Å².